The first-order valence-electron chi connectivity index (χ1n) is 11.8. The highest BCUT2D eigenvalue weighted by molar-refractivity contribution is 6.11. The van der Waals surface area contributed by atoms with Crippen LogP contribution in [0.15, 0.2) is 24.3 Å². The first-order chi connectivity index (χ1) is 15.0. The normalized spacial score (nSPS) is 25.0. The van der Waals surface area contributed by atoms with Crippen molar-refractivity contribution in [1.82, 2.24) is 4.90 Å². The molecule has 0 unspecified atom stereocenters. The zero-order valence-electron chi connectivity index (χ0n) is 18.6. The Hall–Kier alpha value is -2.37. The van der Waals surface area contributed by atoms with Crippen LogP contribution in [0.2, 0.25) is 0 Å². The van der Waals surface area contributed by atoms with Gasteiger partial charge in [0.05, 0.1) is 19.1 Å². The number of carbonyl (C=O) groups is 3. The minimum atomic E-state index is -1.73. The molecule has 168 valence electrons. The van der Waals surface area contributed by atoms with Gasteiger partial charge in [0.25, 0.3) is 0 Å². The Morgan fingerprint density at radius 1 is 1.03 bits per heavy atom. The van der Waals surface area contributed by atoms with Gasteiger partial charge in [-0.05, 0) is 56.1 Å². The molecule has 0 bridgehead atoms. The van der Waals surface area contributed by atoms with Crippen molar-refractivity contribution in [2.45, 2.75) is 57.8 Å². The Balaban J connectivity index is 1.77. The van der Waals surface area contributed by atoms with Crippen LogP contribution >= 0.6 is 0 Å². The molecular weight excluding hydrogens is 394 g/mol. The third kappa shape index (κ3) is 3.64. The minimum absolute atomic E-state index is 0.105. The van der Waals surface area contributed by atoms with Crippen LogP contribution < -0.4 is 0 Å². The van der Waals surface area contributed by atoms with Crippen LogP contribution in [-0.4, -0.2) is 49.0 Å². The smallest absolute Gasteiger partial charge is 0.328 e. The van der Waals surface area contributed by atoms with Crippen molar-refractivity contribution >= 4 is 17.8 Å². The van der Waals surface area contributed by atoms with Crippen molar-refractivity contribution in [1.29, 1.82) is 0 Å². The lowest BCUT2D eigenvalue weighted by atomic mass is 9.59. The quantitative estimate of drug-likeness (QED) is 0.515. The summed E-state index contributed by atoms with van der Waals surface area (Å²) in [6, 6.07) is 7.46. The van der Waals surface area contributed by atoms with E-state index in [0.29, 0.717) is 31.0 Å². The molecule has 1 aliphatic heterocycles. The van der Waals surface area contributed by atoms with Gasteiger partial charge in [0.15, 0.2) is 0 Å². The predicted molar refractivity (Wildman–Crippen MR) is 115 cm³/mol. The second-order valence-corrected chi connectivity index (χ2v) is 9.10. The molecule has 1 aromatic rings. The van der Waals surface area contributed by atoms with Gasteiger partial charge in [-0.2, -0.15) is 0 Å². The average molecular weight is 428 g/mol. The van der Waals surface area contributed by atoms with Crippen molar-refractivity contribution in [2.75, 3.05) is 26.3 Å². The number of benzene rings is 1. The molecule has 0 spiro atoms. The first-order valence-corrected chi connectivity index (χ1v) is 11.8. The van der Waals surface area contributed by atoms with Gasteiger partial charge < -0.3 is 14.4 Å². The second-order valence-electron chi connectivity index (χ2n) is 9.10. The van der Waals surface area contributed by atoms with E-state index in [2.05, 4.69) is 0 Å². The molecule has 1 amide bonds. The number of hydrogen-bond donors (Lipinski definition) is 0. The Bertz CT molecular complexity index is 826. The number of carbonyl (C=O) groups excluding carboxylic acids is 3. The maximum atomic E-state index is 13.8. The predicted octanol–water partition coefficient (Wildman–Crippen LogP) is 3.26. The zero-order valence-corrected chi connectivity index (χ0v) is 18.6. The van der Waals surface area contributed by atoms with E-state index >= 15 is 0 Å². The maximum Gasteiger partial charge on any atom is 0.328 e. The van der Waals surface area contributed by atoms with E-state index in [0.717, 1.165) is 18.4 Å². The number of esters is 2. The van der Waals surface area contributed by atoms with Crippen LogP contribution in [0.4, 0.5) is 0 Å². The van der Waals surface area contributed by atoms with Gasteiger partial charge in [0, 0.05) is 13.1 Å². The molecular formula is C25H33NO5. The van der Waals surface area contributed by atoms with Crippen molar-refractivity contribution in [3.8, 4) is 0 Å². The van der Waals surface area contributed by atoms with Crippen LogP contribution in [0.5, 0.6) is 0 Å². The summed E-state index contributed by atoms with van der Waals surface area (Å²) in [5, 5.41) is 0. The summed E-state index contributed by atoms with van der Waals surface area (Å²) in [5.74, 6) is -1.82. The van der Waals surface area contributed by atoms with Gasteiger partial charge in [-0.3, -0.25) is 14.4 Å². The molecule has 1 saturated heterocycles. The third-order valence-electron chi connectivity index (χ3n) is 7.29. The van der Waals surface area contributed by atoms with Crippen LogP contribution in [0.3, 0.4) is 0 Å². The van der Waals surface area contributed by atoms with E-state index < -0.39 is 23.3 Å². The highest BCUT2D eigenvalue weighted by atomic mass is 16.6. The number of amides is 1. The molecule has 3 aliphatic rings. The Labute approximate surface area is 184 Å². The minimum Gasteiger partial charge on any atom is -0.465 e. The second kappa shape index (κ2) is 9.01. The highest BCUT2D eigenvalue weighted by Gasteiger charge is 2.66. The molecule has 0 radical (unpaired) electrons. The van der Waals surface area contributed by atoms with Crippen LogP contribution in [0.25, 0.3) is 0 Å². The molecule has 2 aliphatic carbocycles. The molecule has 6 nitrogen and oxygen atoms in total. The van der Waals surface area contributed by atoms with Crippen LogP contribution in [0, 0.1) is 17.8 Å². The molecule has 1 saturated carbocycles. The summed E-state index contributed by atoms with van der Waals surface area (Å²) in [4.78, 5) is 42.7. The number of likely N-dealkylation sites (tertiary alicyclic amines) is 1. The molecule has 1 heterocycles. The summed E-state index contributed by atoms with van der Waals surface area (Å²) in [6.07, 6.45) is 6.63. The molecule has 4 rings (SSSR count). The molecule has 1 aromatic carbocycles. The standard InChI is InChI=1S/C25H33NO5/c1-3-30-23(28)25(24(29)31-4-2)20-13-9-8-12-18(20)14-19-16-26(22(27)21(19)25)15-17-10-6-5-7-11-17/h8-9,12-13,17,19,21H,3-7,10-11,14-16H2,1-2H3/t19-,21-/m1/s1. The monoisotopic (exact) mass is 427 g/mol. The summed E-state index contributed by atoms with van der Waals surface area (Å²) in [6.45, 7) is 5.00. The van der Waals surface area contributed by atoms with E-state index in [4.69, 9.17) is 9.47 Å². The van der Waals surface area contributed by atoms with Crippen LogP contribution in [-0.2, 0) is 35.7 Å². The summed E-state index contributed by atoms with van der Waals surface area (Å²) >= 11 is 0. The number of rotatable bonds is 6. The van der Waals surface area contributed by atoms with Gasteiger partial charge >= 0.3 is 11.9 Å². The Morgan fingerprint density at radius 3 is 2.32 bits per heavy atom. The van der Waals surface area contributed by atoms with Gasteiger partial charge in [-0.1, -0.05) is 43.5 Å². The van der Waals surface area contributed by atoms with Gasteiger partial charge in [0.2, 0.25) is 11.3 Å². The van der Waals surface area contributed by atoms with Gasteiger partial charge in [-0.15, -0.1) is 0 Å². The fourth-order valence-electron chi connectivity index (χ4n) is 6.02. The van der Waals surface area contributed by atoms with Crippen LogP contribution in [0.1, 0.15) is 57.1 Å². The molecule has 0 N–H and O–H groups in total. The molecule has 6 heteroatoms. The number of fused-ring (bicyclic) bond motifs is 2. The van der Waals surface area contributed by atoms with E-state index in [1.165, 1.54) is 19.3 Å². The largest absolute Gasteiger partial charge is 0.465 e. The lowest BCUT2D eigenvalue weighted by Crippen LogP contribution is -2.58. The lowest BCUT2D eigenvalue weighted by Gasteiger charge is -2.41. The Kier molecular flexibility index (Phi) is 6.35. The lowest BCUT2D eigenvalue weighted by molar-refractivity contribution is -0.172. The van der Waals surface area contributed by atoms with Gasteiger partial charge in [-0.25, -0.2) is 0 Å². The fraction of sp³-hybridized carbons (Fsp3) is 0.640. The molecule has 2 atom stereocenters. The SMILES string of the molecule is CCOC(=O)C1(C(=O)OCC)c2ccccc2C[C@@H]2CN(CC3CCCCC3)C(=O)[C@@H]21. The molecule has 0 aromatic heterocycles. The number of hydrogen-bond acceptors (Lipinski definition) is 5. The number of ether oxygens (including phenoxy) is 2. The van der Waals surface area contributed by atoms with Crippen molar-refractivity contribution in [3.05, 3.63) is 35.4 Å². The van der Waals surface area contributed by atoms with E-state index in [1.54, 1.807) is 19.9 Å². The third-order valence-corrected chi connectivity index (χ3v) is 7.29. The maximum absolute atomic E-state index is 13.8. The Morgan fingerprint density at radius 2 is 1.68 bits per heavy atom. The van der Waals surface area contributed by atoms with Crippen molar-refractivity contribution in [2.24, 2.45) is 17.8 Å². The molecule has 31 heavy (non-hydrogen) atoms. The van der Waals surface area contributed by atoms with Crippen molar-refractivity contribution in [3.63, 3.8) is 0 Å². The first kappa shape index (κ1) is 21.8. The van der Waals surface area contributed by atoms with E-state index in [-0.39, 0.29) is 25.0 Å². The van der Waals surface area contributed by atoms with Crippen molar-refractivity contribution < 1.29 is 23.9 Å². The highest BCUT2D eigenvalue weighted by Crippen LogP contribution is 2.50. The summed E-state index contributed by atoms with van der Waals surface area (Å²) < 4.78 is 10.9. The molecule has 2 fully saturated rings. The van der Waals surface area contributed by atoms with Gasteiger partial charge in [0.1, 0.15) is 0 Å². The average Bonchev–Trinajstić information content (AvgIpc) is 3.08. The number of nitrogens with zero attached hydrogens (tertiary/aromatic N) is 1. The fourth-order valence-corrected chi connectivity index (χ4v) is 6.02. The zero-order chi connectivity index (χ0) is 22.0. The summed E-state index contributed by atoms with van der Waals surface area (Å²) in [7, 11) is 0. The topological polar surface area (TPSA) is 72.9 Å². The van der Waals surface area contributed by atoms with E-state index in [9.17, 15) is 14.4 Å². The van der Waals surface area contributed by atoms with E-state index in [1.807, 2.05) is 23.1 Å². The summed E-state index contributed by atoms with van der Waals surface area (Å²) in [5.41, 5.74) is -0.234.